The first-order chi connectivity index (χ1) is 20.7. The van der Waals surface area contributed by atoms with Crippen LogP contribution in [0.2, 0.25) is 0 Å². The summed E-state index contributed by atoms with van der Waals surface area (Å²) < 4.78 is 11.0. The number of carbonyl (C=O) groups excluding carboxylic acids is 1. The molecule has 4 nitrogen and oxygen atoms in total. The molecule has 0 aromatic carbocycles. The smallest absolute Gasteiger partial charge is 0.306 e. The highest BCUT2D eigenvalue weighted by atomic mass is 16.6. The largest absolute Gasteiger partial charge is 0.457 e. The Bertz CT molecular complexity index is 744. The summed E-state index contributed by atoms with van der Waals surface area (Å²) in [5, 5.41) is 9.49. The van der Waals surface area contributed by atoms with Crippen LogP contribution in [-0.2, 0) is 14.3 Å². The summed E-state index contributed by atoms with van der Waals surface area (Å²) in [7, 11) is 0. The number of aliphatic hydroxyl groups is 1. The first kappa shape index (κ1) is 39.8. The average Bonchev–Trinajstić information content (AvgIpc) is 3.00. The first-order valence-corrected chi connectivity index (χ1v) is 17.0. The third-order valence-corrected chi connectivity index (χ3v) is 6.80. The maximum absolute atomic E-state index is 12.0. The van der Waals surface area contributed by atoms with Crippen LogP contribution < -0.4 is 0 Å². The van der Waals surface area contributed by atoms with E-state index in [1.54, 1.807) is 0 Å². The lowest BCUT2D eigenvalue weighted by Crippen LogP contribution is -2.27. The molecule has 0 fully saturated rings. The number of rotatable bonds is 30. The van der Waals surface area contributed by atoms with Gasteiger partial charge in [-0.15, -0.1) is 0 Å². The second-order valence-electron chi connectivity index (χ2n) is 10.9. The van der Waals surface area contributed by atoms with E-state index in [1.807, 2.05) is 0 Å². The van der Waals surface area contributed by atoms with Gasteiger partial charge < -0.3 is 14.6 Å². The van der Waals surface area contributed by atoms with Gasteiger partial charge in [-0.25, -0.2) is 0 Å². The van der Waals surface area contributed by atoms with Gasteiger partial charge in [-0.1, -0.05) is 138 Å². The highest BCUT2D eigenvalue weighted by Crippen LogP contribution is 2.10. The van der Waals surface area contributed by atoms with Crippen LogP contribution in [0.25, 0.3) is 0 Å². The van der Waals surface area contributed by atoms with Gasteiger partial charge in [0.05, 0.1) is 13.2 Å². The molecule has 0 spiro atoms. The summed E-state index contributed by atoms with van der Waals surface area (Å²) in [4.78, 5) is 12.0. The maximum atomic E-state index is 12.0. The zero-order valence-corrected chi connectivity index (χ0v) is 27.2. The van der Waals surface area contributed by atoms with Crippen LogP contribution in [0.15, 0.2) is 72.9 Å². The molecule has 0 aromatic heterocycles. The van der Waals surface area contributed by atoms with Crippen molar-refractivity contribution in [3.8, 4) is 0 Å². The van der Waals surface area contributed by atoms with Gasteiger partial charge in [-0.2, -0.15) is 0 Å². The molecule has 0 aliphatic carbocycles. The Labute approximate surface area is 259 Å². The Morgan fingerprint density at radius 2 is 1.07 bits per heavy atom. The topological polar surface area (TPSA) is 55.8 Å². The fourth-order valence-electron chi connectivity index (χ4n) is 4.27. The van der Waals surface area contributed by atoms with Gasteiger partial charge in [-0.3, -0.25) is 4.79 Å². The number of hydrogen-bond donors (Lipinski definition) is 1. The van der Waals surface area contributed by atoms with Crippen molar-refractivity contribution in [1.82, 2.24) is 0 Å². The number of ether oxygens (including phenoxy) is 2. The Hall–Kier alpha value is -2.17. The number of hydrogen-bond acceptors (Lipinski definition) is 4. The molecule has 1 N–H and O–H groups in total. The van der Waals surface area contributed by atoms with Crippen LogP contribution in [0.3, 0.4) is 0 Å². The molecule has 0 aliphatic rings. The molecule has 0 heterocycles. The lowest BCUT2D eigenvalue weighted by atomic mass is 10.1. The van der Waals surface area contributed by atoms with Crippen LogP contribution in [0.5, 0.6) is 0 Å². The second kappa shape index (κ2) is 35.0. The van der Waals surface area contributed by atoms with Crippen LogP contribution in [0.4, 0.5) is 0 Å². The minimum absolute atomic E-state index is 0.189. The van der Waals surface area contributed by atoms with Gasteiger partial charge in [0.25, 0.3) is 0 Å². The van der Waals surface area contributed by atoms with E-state index < -0.39 is 6.10 Å². The molecule has 0 aliphatic heterocycles. The Kier molecular flexibility index (Phi) is 33.2. The summed E-state index contributed by atoms with van der Waals surface area (Å²) in [5.74, 6) is -0.222. The lowest BCUT2D eigenvalue weighted by Gasteiger charge is -2.15. The Morgan fingerprint density at radius 3 is 1.60 bits per heavy atom. The van der Waals surface area contributed by atoms with E-state index in [1.165, 1.54) is 38.5 Å². The van der Waals surface area contributed by atoms with Gasteiger partial charge in [0.1, 0.15) is 6.10 Å². The first-order valence-electron chi connectivity index (χ1n) is 17.0. The molecule has 1 atom stereocenters. The van der Waals surface area contributed by atoms with Crippen molar-refractivity contribution in [2.45, 2.75) is 142 Å². The summed E-state index contributed by atoms with van der Waals surface area (Å²) >= 11 is 0. The van der Waals surface area contributed by atoms with E-state index in [9.17, 15) is 9.90 Å². The van der Waals surface area contributed by atoms with Crippen LogP contribution >= 0.6 is 0 Å². The van der Waals surface area contributed by atoms with Crippen LogP contribution in [-0.4, -0.2) is 37.0 Å². The molecule has 0 aromatic rings. The van der Waals surface area contributed by atoms with Crippen molar-refractivity contribution in [1.29, 1.82) is 0 Å². The number of unbranched alkanes of at least 4 members (excludes halogenated alkanes) is 10. The molecule has 0 saturated heterocycles. The molecule has 0 bridgehead atoms. The summed E-state index contributed by atoms with van der Waals surface area (Å²) in [6.45, 7) is 5.10. The fourth-order valence-corrected chi connectivity index (χ4v) is 4.27. The molecule has 1 unspecified atom stereocenters. The minimum atomic E-state index is -0.551. The molecule has 4 heteroatoms. The second-order valence-corrected chi connectivity index (χ2v) is 10.9. The third-order valence-electron chi connectivity index (χ3n) is 6.80. The van der Waals surface area contributed by atoms with Crippen molar-refractivity contribution in [2.24, 2.45) is 0 Å². The Morgan fingerprint density at radius 1 is 0.595 bits per heavy atom. The molecule has 42 heavy (non-hydrogen) atoms. The highest BCUT2D eigenvalue weighted by Gasteiger charge is 2.13. The molecule has 0 amide bonds. The maximum Gasteiger partial charge on any atom is 0.306 e. The molecular weight excluding hydrogens is 520 g/mol. The molecular formula is C38H64O4. The number of allylic oxidation sites excluding steroid dienone is 12. The van der Waals surface area contributed by atoms with E-state index in [4.69, 9.17) is 9.47 Å². The standard InChI is InChI=1S/C38H64O4/c1-3-5-7-9-11-13-14-15-16-17-18-19-20-21-22-23-24-25-26-28-30-32-34-41-36-37(35-39)42-38(40)33-31-29-27-12-10-8-6-4-2/h5,7,11,13,15-16,18-19,21-22,24-25,37,39H,3-4,6,8-10,12,14,17,20,23,26-36H2,1-2H3/b7-5-,13-11-,16-15-,19-18-,22-21-,25-24-. The zero-order chi connectivity index (χ0) is 30.6. The normalized spacial score (nSPS) is 13.3. The van der Waals surface area contributed by atoms with Gasteiger partial charge in [-0.05, 0) is 64.2 Å². The van der Waals surface area contributed by atoms with Crippen LogP contribution in [0, 0.1) is 0 Å². The van der Waals surface area contributed by atoms with Crippen LogP contribution in [0.1, 0.15) is 136 Å². The monoisotopic (exact) mass is 584 g/mol. The van der Waals surface area contributed by atoms with Crippen molar-refractivity contribution in [3.63, 3.8) is 0 Å². The van der Waals surface area contributed by atoms with Gasteiger partial charge in [0, 0.05) is 13.0 Å². The summed E-state index contributed by atoms with van der Waals surface area (Å²) in [6, 6.07) is 0. The van der Waals surface area contributed by atoms with Gasteiger partial charge in [0.15, 0.2) is 0 Å². The average molecular weight is 585 g/mol. The molecule has 240 valence electrons. The van der Waals surface area contributed by atoms with E-state index in [2.05, 4.69) is 86.8 Å². The highest BCUT2D eigenvalue weighted by molar-refractivity contribution is 5.69. The van der Waals surface area contributed by atoms with Crippen molar-refractivity contribution >= 4 is 5.97 Å². The van der Waals surface area contributed by atoms with E-state index in [-0.39, 0.29) is 19.2 Å². The van der Waals surface area contributed by atoms with Crippen molar-refractivity contribution in [2.75, 3.05) is 19.8 Å². The predicted octanol–water partition coefficient (Wildman–Crippen LogP) is 10.7. The molecule has 0 rings (SSSR count). The van der Waals surface area contributed by atoms with Gasteiger partial charge >= 0.3 is 5.97 Å². The summed E-state index contributed by atoms with van der Waals surface area (Å²) in [6.07, 6.45) is 46.6. The number of esters is 1. The molecule has 0 radical (unpaired) electrons. The van der Waals surface area contributed by atoms with E-state index in [0.29, 0.717) is 13.0 Å². The fraction of sp³-hybridized carbons (Fsp3) is 0.658. The van der Waals surface area contributed by atoms with E-state index in [0.717, 1.165) is 77.0 Å². The lowest BCUT2D eigenvalue weighted by molar-refractivity contribution is -0.154. The number of aliphatic hydroxyl groups excluding tert-OH is 1. The zero-order valence-electron chi connectivity index (χ0n) is 27.2. The SMILES string of the molecule is CC/C=C\C/C=C\C/C=C\C/C=C\C/C=C\C/C=C\CCCCCOCC(CO)OC(=O)CCCCCCCCCC. The summed E-state index contributed by atoms with van der Waals surface area (Å²) in [5.41, 5.74) is 0. The predicted molar refractivity (Wildman–Crippen MR) is 182 cm³/mol. The Balaban J connectivity index is 3.58. The van der Waals surface area contributed by atoms with E-state index >= 15 is 0 Å². The number of carbonyl (C=O) groups is 1. The van der Waals surface area contributed by atoms with Crippen molar-refractivity contribution < 1.29 is 19.4 Å². The quantitative estimate of drug-likeness (QED) is 0.0518. The van der Waals surface area contributed by atoms with Gasteiger partial charge in [0.2, 0.25) is 0 Å². The third kappa shape index (κ3) is 32.3. The van der Waals surface area contributed by atoms with Crippen molar-refractivity contribution in [3.05, 3.63) is 72.9 Å². The minimum Gasteiger partial charge on any atom is -0.457 e. The molecule has 0 saturated carbocycles.